The van der Waals surface area contributed by atoms with Gasteiger partial charge in [-0.2, -0.15) is 0 Å². The first-order valence-electron chi connectivity index (χ1n) is 6.10. The number of hydrogen-bond acceptors (Lipinski definition) is 4. The summed E-state index contributed by atoms with van der Waals surface area (Å²) in [5.74, 6) is -1.50. The van der Waals surface area contributed by atoms with E-state index in [4.69, 9.17) is 5.73 Å². The third-order valence-corrected chi connectivity index (χ3v) is 3.03. The molecule has 0 radical (unpaired) electrons. The van der Waals surface area contributed by atoms with Gasteiger partial charge in [0.05, 0.1) is 11.3 Å². The highest BCUT2D eigenvalue weighted by Crippen LogP contribution is 2.24. The molecule has 0 fully saturated rings. The number of carbonyl (C=O) groups excluding carboxylic acids is 1. The van der Waals surface area contributed by atoms with Crippen molar-refractivity contribution in [1.82, 2.24) is 0 Å². The highest BCUT2D eigenvalue weighted by Gasteiger charge is 2.19. The van der Waals surface area contributed by atoms with Crippen LogP contribution in [0.25, 0.3) is 0 Å². The molecule has 4 N–H and O–H groups in total. The zero-order chi connectivity index (χ0) is 15.6. The van der Waals surface area contributed by atoms with E-state index >= 15 is 0 Å². The molecule has 0 aliphatic heterocycles. The maximum atomic E-state index is 12.3. The van der Waals surface area contributed by atoms with Gasteiger partial charge in [-0.1, -0.05) is 0 Å². The molecule has 0 heterocycles. The summed E-state index contributed by atoms with van der Waals surface area (Å²) in [5.41, 5.74) is 6.41. The Morgan fingerprint density at radius 3 is 2.29 bits per heavy atom. The third-order valence-electron chi connectivity index (χ3n) is 3.03. The van der Waals surface area contributed by atoms with Crippen LogP contribution >= 0.6 is 0 Å². The Bertz CT molecular complexity index is 695. The van der Waals surface area contributed by atoms with Crippen molar-refractivity contribution in [3.05, 3.63) is 53.6 Å². The second-order valence-electron chi connectivity index (χ2n) is 4.49. The molecule has 2 aromatic rings. The van der Waals surface area contributed by atoms with Gasteiger partial charge in [-0.3, -0.25) is 4.79 Å². The molecule has 2 rings (SSSR count). The van der Waals surface area contributed by atoms with Crippen molar-refractivity contribution >= 4 is 23.3 Å². The van der Waals surface area contributed by atoms with Crippen LogP contribution in [0, 0.1) is 0 Å². The molecule has 1 amide bonds. The Balaban J connectivity index is 2.40. The quantitative estimate of drug-likeness (QED) is 0.748. The summed E-state index contributed by atoms with van der Waals surface area (Å²) in [6.45, 7) is 0. The highest BCUT2D eigenvalue weighted by atomic mass is 16.4. The van der Waals surface area contributed by atoms with E-state index in [1.165, 1.54) is 54.4 Å². The summed E-state index contributed by atoms with van der Waals surface area (Å²) < 4.78 is 0. The number of benzene rings is 2. The van der Waals surface area contributed by atoms with E-state index in [1.807, 2.05) is 0 Å². The number of nitrogens with zero attached hydrogens (tertiary/aromatic N) is 1. The lowest BCUT2D eigenvalue weighted by molar-refractivity contribution is 0.0698. The number of nitrogen functional groups attached to an aromatic ring is 1. The first-order chi connectivity index (χ1) is 9.90. The van der Waals surface area contributed by atoms with Crippen molar-refractivity contribution in [2.45, 2.75) is 0 Å². The minimum atomic E-state index is -1.16. The van der Waals surface area contributed by atoms with Crippen LogP contribution in [0.4, 0.5) is 11.4 Å². The number of carboxylic acid groups (broad SMARTS) is 1. The number of phenols is 1. The number of aromatic hydroxyl groups is 1. The van der Waals surface area contributed by atoms with E-state index in [1.54, 1.807) is 0 Å². The first kappa shape index (κ1) is 14.4. The second kappa shape index (κ2) is 5.54. The number of nitrogens with two attached hydrogens (primary N) is 1. The topological polar surface area (TPSA) is 104 Å². The summed E-state index contributed by atoms with van der Waals surface area (Å²) in [5, 5.41) is 18.4. The monoisotopic (exact) mass is 286 g/mol. The number of aromatic carboxylic acids is 1. The van der Waals surface area contributed by atoms with E-state index in [2.05, 4.69) is 0 Å². The van der Waals surface area contributed by atoms with Crippen LogP contribution < -0.4 is 10.6 Å². The van der Waals surface area contributed by atoms with Crippen LogP contribution in [0.5, 0.6) is 5.75 Å². The average Bonchev–Trinajstić information content (AvgIpc) is 2.46. The fourth-order valence-electron chi connectivity index (χ4n) is 1.92. The van der Waals surface area contributed by atoms with E-state index in [9.17, 15) is 19.8 Å². The molecule has 0 unspecified atom stereocenters. The SMILES string of the molecule is CN(C(=O)c1ccc(O)cc1)c1ccc(N)cc1C(=O)O. The van der Waals surface area contributed by atoms with Crippen LogP contribution in [-0.4, -0.2) is 29.1 Å². The maximum absolute atomic E-state index is 12.3. The molecule has 108 valence electrons. The van der Waals surface area contributed by atoms with Crippen LogP contribution in [0.2, 0.25) is 0 Å². The van der Waals surface area contributed by atoms with E-state index in [0.717, 1.165) is 0 Å². The number of anilines is 2. The Kier molecular flexibility index (Phi) is 3.80. The highest BCUT2D eigenvalue weighted by molar-refractivity contribution is 6.09. The lowest BCUT2D eigenvalue weighted by Gasteiger charge is -2.19. The van der Waals surface area contributed by atoms with Gasteiger partial charge in [0.25, 0.3) is 5.91 Å². The molecule has 0 saturated carbocycles. The van der Waals surface area contributed by atoms with Crippen molar-refractivity contribution in [1.29, 1.82) is 0 Å². The Morgan fingerprint density at radius 2 is 1.71 bits per heavy atom. The molecule has 0 bridgehead atoms. The predicted octanol–water partition coefficient (Wildman–Crippen LogP) is 1.95. The number of rotatable bonds is 3. The van der Waals surface area contributed by atoms with Gasteiger partial charge in [0.1, 0.15) is 5.75 Å². The van der Waals surface area contributed by atoms with Gasteiger partial charge in [-0.25, -0.2) is 4.79 Å². The molecule has 0 aliphatic rings. The maximum Gasteiger partial charge on any atom is 0.337 e. The lowest BCUT2D eigenvalue weighted by atomic mass is 10.1. The summed E-state index contributed by atoms with van der Waals surface area (Å²) in [4.78, 5) is 24.8. The van der Waals surface area contributed by atoms with Crippen molar-refractivity contribution in [2.75, 3.05) is 17.7 Å². The summed E-state index contributed by atoms with van der Waals surface area (Å²) >= 11 is 0. The molecular formula is C15H14N2O4. The third kappa shape index (κ3) is 2.94. The molecule has 6 heteroatoms. The molecule has 0 atom stereocenters. The standard InChI is InChI=1S/C15H14N2O4/c1-17(14(19)9-2-5-11(18)6-3-9)13-7-4-10(16)8-12(13)15(20)21/h2-8,18H,16H2,1H3,(H,20,21). The van der Waals surface area contributed by atoms with Gasteiger partial charge in [-0.05, 0) is 42.5 Å². The van der Waals surface area contributed by atoms with Crippen LogP contribution in [-0.2, 0) is 0 Å². The Morgan fingerprint density at radius 1 is 1.10 bits per heavy atom. The molecule has 0 saturated heterocycles. The minimum Gasteiger partial charge on any atom is -0.508 e. The van der Waals surface area contributed by atoms with Crippen LogP contribution in [0.15, 0.2) is 42.5 Å². The summed E-state index contributed by atoms with van der Waals surface area (Å²) in [6.07, 6.45) is 0. The first-order valence-corrected chi connectivity index (χ1v) is 6.10. The number of carbonyl (C=O) groups is 2. The molecular weight excluding hydrogens is 272 g/mol. The molecule has 0 spiro atoms. The fraction of sp³-hybridized carbons (Fsp3) is 0.0667. The van der Waals surface area contributed by atoms with Gasteiger partial charge in [-0.15, -0.1) is 0 Å². The zero-order valence-electron chi connectivity index (χ0n) is 11.3. The molecule has 2 aromatic carbocycles. The Labute approximate surface area is 121 Å². The predicted molar refractivity (Wildman–Crippen MR) is 78.7 cm³/mol. The van der Waals surface area contributed by atoms with E-state index < -0.39 is 5.97 Å². The normalized spacial score (nSPS) is 10.1. The molecule has 0 aliphatic carbocycles. The van der Waals surface area contributed by atoms with E-state index in [0.29, 0.717) is 11.3 Å². The molecule has 0 aromatic heterocycles. The lowest BCUT2D eigenvalue weighted by Crippen LogP contribution is -2.27. The number of phenolic OH excluding ortho intramolecular Hbond substituents is 1. The fourth-order valence-corrected chi connectivity index (χ4v) is 1.92. The number of hydrogen-bond donors (Lipinski definition) is 3. The van der Waals surface area contributed by atoms with Gasteiger partial charge in [0, 0.05) is 18.3 Å². The zero-order valence-corrected chi connectivity index (χ0v) is 11.3. The van der Waals surface area contributed by atoms with Gasteiger partial charge >= 0.3 is 5.97 Å². The summed E-state index contributed by atoms with van der Waals surface area (Å²) in [7, 11) is 1.48. The van der Waals surface area contributed by atoms with Crippen molar-refractivity contribution in [2.24, 2.45) is 0 Å². The van der Waals surface area contributed by atoms with Crippen molar-refractivity contribution in [3.63, 3.8) is 0 Å². The van der Waals surface area contributed by atoms with E-state index in [-0.39, 0.29) is 22.9 Å². The summed E-state index contributed by atoms with van der Waals surface area (Å²) in [6, 6.07) is 10.0. The van der Waals surface area contributed by atoms with Crippen LogP contribution in [0.3, 0.4) is 0 Å². The van der Waals surface area contributed by atoms with Gasteiger partial charge < -0.3 is 20.8 Å². The Hall–Kier alpha value is -3.02. The van der Waals surface area contributed by atoms with Crippen molar-refractivity contribution < 1.29 is 19.8 Å². The molecule has 6 nitrogen and oxygen atoms in total. The second-order valence-corrected chi connectivity index (χ2v) is 4.49. The smallest absolute Gasteiger partial charge is 0.337 e. The van der Waals surface area contributed by atoms with Crippen LogP contribution in [0.1, 0.15) is 20.7 Å². The average molecular weight is 286 g/mol. The molecule has 21 heavy (non-hydrogen) atoms. The van der Waals surface area contributed by atoms with Crippen molar-refractivity contribution in [3.8, 4) is 5.75 Å². The number of carboxylic acids is 1. The van der Waals surface area contributed by atoms with Gasteiger partial charge in [0.2, 0.25) is 0 Å². The van der Waals surface area contributed by atoms with Gasteiger partial charge in [0.15, 0.2) is 0 Å². The minimum absolute atomic E-state index is 0.0490. The largest absolute Gasteiger partial charge is 0.508 e. The number of amides is 1.